The highest BCUT2D eigenvalue weighted by molar-refractivity contribution is 8.68. The first-order chi connectivity index (χ1) is 13.9. The van der Waals surface area contributed by atoms with E-state index in [4.69, 9.17) is 36.0 Å². The molecular formula is C20H41O6PS2. The Bertz CT molecular complexity index is 415. The summed E-state index contributed by atoms with van der Waals surface area (Å²) in [5.74, 6) is -0.882. The van der Waals surface area contributed by atoms with Crippen molar-refractivity contribution in [1.29, 1.82) is 0 Å². The third kappa shape index (κ3) is 20.0. The Balaban J connectivity index is 4.19. The van der Waals surface area contributed by atoms with Crippen molar-refractivity contribution in [2.24, 2.45) is 0 Å². The van der Waals surface area contributed by atoms with Gasteiger partial charge in [-0.2, -0.15) is 9.35 Å². The molecule has 0 aromatic rings. The van der Waals surface area contributed by atoms with Crippen molar-refractivity contribution in [1.82, 2.24) is 0 Å². The van der Waals surface area contributed by atoms with E-state index in [1.54, 1.807) is 6.92 Å². The Morgan fingerprint density at radius 2 is 1.28 bits per heavy atom. The third-order valence-corrected chi connectivity index (χ3v) is 8.94. The minimum Gasteiger partial charge on any atom is -0.481 e. The summed E-state index contributed by atoms with van der Waals surface area (Å²) in [5.41, 5.74) is -2.92. The zero-order valence-corrected chi connectivity index (χ0v) is 21.0. The Labute approximate surface area is 186 Å². The molecule has 0 rings (SSSR count). The number of hydrogen-bond donors (Lipinski definition) is 1. The van der Waals surface area contributed by atoms with E-state index in [0.29, 0.717) is 13.2 Å². The van der Waals surface area contributed by atoms with Crippen LogP contribution in [0.25, 0.3) is 0 Å². The molecule has 0 fully saturated rings. The van der Waals surface area contributed by atoms with Crippen LogP contribution in [0.15, 0.2) is 0 Å². The number of carbonyl (C=O) groups is 1. The molecule has 0 aliphatic carbocycles. The summed E-state index contributed by atoms with van der Waals surface area (Å²) in [6, 6.07) is 0. The summed E-state index contributed by atoms with van der Waals surface area (Å²) in [7, 11) is 0. The van der Waals surface area contributed by atoms with Crippen molar-refractivity contribution in [2.45, 2.75) is 109 Å². The molecule has 0 amide bonds. The van der Waals surface area contributed by atoms with E-state index < -0.39 is 11.7 Å². The van der Waals surface area contributed by atoms with Gasteiger partial charge in [-0.25, -0.2) is 9.78 Å². The summed E-state index contributed by atoms with van der Waals surface area (Å²) in [6.07, 6.45) is 13.8. The molecule has 0 aliphatic rings. The SMILES string of the molecule is CCCCCCCCOOP(=S)(OOCCCCCCCC)SC(C)CC(=O)O. The lowest BCUT2D eigenvalue weighted by Gasteiger charge is -2.21. The lowest BCUT2D eigenvalue weighted by molar-refractivity contribution is -0.253. The zero-order valence-electron chi connectivity index (χ0n) is 18.4. The van der Waals surface area contributed by atoms with Crippen LogP contribution in [-0.2, 0) is 35.7 Å². The van der Waals surface area contributed by atoms with E-state index in [0.717, 1.165) is 25.7 Å². The van der Waals surface area contributed by atoms with Crippen LogP contribution in [-0.4, -0.2) is 29.5 Å². The molecule has 29 heavy (non-hydrogen) atoms. The molecule has 0 aromatic carbocycles. The van der Waals surface area contributed by atoms with Crippen LogP contribution >= 0.6 is 17.1 Å². The molecule has 0 spiro atoms. The number of rotatable bonds is 22. The lowest BCUT2D eigenvalue weighted by atomic mass is 10.1. The molecule has 1 atom stereocenters. The van der Waals surface area contributed by atoms with E-state index >= 15 is 0 Å². The van der Waals surface area contributed by atoms with Crippen LogP contribution < -0.4 is 0 Å². The fraction of sp³-hybridized carbons (Fsp3) is 0.950. The van der Waals surface area contributed by atoms with Gasteiger partial charge >= 0.3 is 11.7 Å². The average molecular weight is 473 g/mol. The van der Waals surface area contributed by atoms with E-state index in [9.17, 15) is 4.79 Å². The van der Waals surface area contributed by atoms with E-state index in [1.165, 1.54) is 62.7 Å². The minimum atomic E-state index is -2.92. The molecule has 1 N–H and O–H groups in total. The first-order valence-corrected chi connectivity index (χ1v) is 15.2. The summed E-state index contributed by atoms with van der Waals surface area (Å²) < 4.78 is 10.8. The second kappa shape index (κ2) is 20.2. The van der Waals surface area contributed by atoms with Gasteiger partial charge < -0.3 is 5.11 Å². The van der Waals surface area contributed by atoms with Gasteiger partial charge in [0.1, 0.15) is 0 Å². The smallest absolute Gasteiger partial charge is 0.307 e. The van der Waals surface area contributed by atoms with Crippen molar-refractivity contribution in [2.75, 3.05) is 13.2 Å². The third-order valence-electron chi connectivity index (χ3n) is 4.22. The molecule has 0 radical (unpaired) electrons. The molecule has 0 aromatic heterocycles. The van der Waals surface area contributed by atoms with Crippen molar-refractivity contribution in [3.05, 3.63) is 0 Å². The van der Waals surface area contributed by atoms with Gasteiger partial charge in [-0.3, -0.25) is 4.79 Å². The minimum absolute atomic E-state index is 0.0232. The van der Waals surface area contributed by atoms with Gasteiger partial charge in [0.15, 0.2) is 0 Å². The highest BCUT2D eigenvalue weighted by Crippen LogP contribution is 2.63. The molecule has 1 unspecified atom stereocenters. The maximum atomic E-state index is 10.9. The molecule has 0 bridgehead atoms. The molecule has 0 saturated carbocycles. The van der Waals surface area contributed by atoms with Crippen LogP contribution in [0.1, 0.15) is 104 Å². The van der Waals surface area contributed by atoms with Crippen LogP contribution in [0.5, 0.6) is 0 Å². The van der Waals surface area contributed by atoms with Crippen molar-refractivity contribution in [3.63, 3.8) is 0 Å². The number of unbranched alkanes of at least 4 members (excludes halogenated alkanes) is 10. The highest BCUT2D eigenvalue weighted by Gasteiger charge is 2.28. The number of hydrogen-bond acceptors (Lipinski definition) is 7. The standard InChI is InChI=1S/C20H41O6PS2/c1-4-6-8-10-12-14-16-23-25-27(28,29-19(3)18-20(21)22)26-24-17-15-13-11-9-7-5-2/h19H,4-18H2,1-3H3,(H,21,22). The number of carboxylic acids is 1. The molecule has 0 saturated heterocycles. The average Bonchev–Trinajstić information content (AvgIpc) is 2.65. The molecule has 0 aliphatic heterocycles. The van der Waals surface area contributed by atoms with Crippen molar-refractivity contribution in [3.8, 4) is 0 Å². The maximum Gasteiger partial charge on any atom is 0.307 e. The lowest BCUT2D eigenvalue weighted by Crippen LogP contribution is -2.07. The fourth-order valence-corrected chi connectivity index (χ4v) is 7.39. The van der Waals surface area contributed by atoms with Gasteiger partial charge in [-0.1, -0.05) is 96.4 Å². The normalized spacial score (nSPS) is 12.9. The zero-order chi connectivity index (χ0) is 21.8. The summed E-state index contributed by atoms with van der Waals surface area (Å²) >= 11 is 6.66. The van der Waals surface area contributed by atoms with Crippen LogP contribution in [0.3, 0.4) is 0 Å². The van der Waals surface area contributed by atoms with Gasteiger partial charge in [0, 0.05) is 5.25 Å². The highest BCUT2D eigenvalue weighted by atomic mass is 32.9. The molecule has 0 heterocycles. The topological polar surface area (TPSA) is 74.2 Å². The van der Waals surface area contributed by atoms with Crippen LogP contribution in [0.4, 0.5) is 0 Å². The first kappa shape index (κ1) is 29.3. The van der Waals surface area contributed by atoms with Gasteiger partial charge in [0.25, 0.3) is 0 Å². The van der Waals surface area contributed by atoms with E-state index in [1.807, 2.05) is 0 Å². The molecule has 174 valence electrons. The van der Waals surface area contributed by atoms with Gasteiger partial charge in [0.2, 0.25) is 0 Å². The summed E-state index contributed by atoms with van der Waals surface area (Å²) in [4.78, 5) is 21.5. The molecule has 6 nitrogen and oxygen atoms in total. The molecule has 9 heteroatoms. The number of aliphatic carboxylic acids is 1. The van der Waals surface area contributed by atoms with Gasteiger partial charge in [-0.15, -0.1) is 0 Å². The second-order valence-electron chi connectivity index (χ2n) is 7.29. The summed E-state index contributed by atoms with van der Waals surface area (Å²) in [5, 5.41) is 8.72. The predicted molar refractivity (Wildman–Crippen MR) is 124 cm³/mol. The monoisotopic (exact) mass is 472 g/mol. The Morgan fingerprint density at radius 1 is 0.862 bits per heavy atom. The van der Waals surface area contributed by atoms with Crippen molar-refractivity contribution < 1.29 is 29.0 Å². The Morgan fingerprint density at radius 3 is 1.69 bits per heavy atom. The summed E-state index contributed by atoms with van der Waals surface area (Å²) in [6.45, 7) is 7.06. The van der Waals surface area contributed by atoms with Crippen LogP contribution in [0.2, 0.25) is 0 Å². The van der Waals surface area contributed by atoms with E-state index in [2.05, 4.69) is 13.8 Å². The quantitative estimate of drug-likeness (QED) is 0.0755. The van der Waals surface area contributed by atoms with Gasteiger partial charge in [0.05, 0.1) is 19.6 Å². The first-order valence-electron chi connectivity index (χ1n) is 11.1. The number of carboxylic acid groups (broad SMARTS) is 1. The van der Waals surface area contributed by atoms with Gasteiger partial charge in [-0.05, 0) is 24.6 Å². The largest absolute Gasteiger partial charge is 0.481 e. The fourth-order valence-electron chi connectivity index (χ4n) is 2.64. The molecular weight excluding hydrogens is 431 g/mol. The van der Waals surface area contributed by atoms with E-state index in [-0.39, 0.29) is 11.7 Å². The van der Waals surface area contributed by atoms with Crippen molar-refractivity contribution >= 4 is 34.9 Å². The predicted octanol–water partition coefficient (Wildman–Crippen LogP) is 7.42. The Kier molecular flexibility index (Phi) is 20.4. The van der Waals surface area contributed by atoms with Crippen LogP contribution in [0, 0.1) is 0 Å². The second-order valence-corrected chi connectivity index (χ2v) is 13.7. The Hall–Kier alpha value is 0.310. The maximum absolute atomic E-state index is 10.9.